The van der Waals surface area contributed by atoms with Crippen molar-refractivity contribution in [3.05, 3.63) is 69.0 Å². The lowest BCUT2D eigenvalue weighted by atomic mass is 10.2. The van der Waals surface area contributed by atoms with Crippen molar-refractivity contribution >= 4 is 33.7 Å². The third kappa shape index (κ3) is 2.67. The van der Waals surface area contributed by atoms with Crippen LogP contribution in [0.3, 0.4) is 0 Å². The molecule has 8 heteroatoms. The molecule has 4 rings (SSSR count). The number of para-hydroxylation sites is 2. The van der Waals surface area contributed by atoms with Gasteiger partial charge in [-0.1, -0.05) is 12.1 Å². The molecule has 0 atom stereocenters. The van der Waals surface area contributed by atoms with Gasteiger partial charge in [0.25, 0.3) is 5.56 Å². The lowest BCUT2D eigenvalue weighted by Gasteiger charge is -2.04. The fraction of sp³-hybridized carbons (Fsp3) is 0.111. The Hall–Kier alpha value is -3.68. The number of carbonyl (C=O) groups excluding carboxylic acids is 1. The number of aromatic amines is 2. The van der Waals surface area contributed by atoms with E-state index in [1.807, 2.05) is 6.07 Å². The van der Waals surface area contributed by atoms with E-state index in [-0.39, 0.29) is 24.1 Å². The number of nitrogen functional groups attached to an aromatic ring is 1. The maximum Gasteiger partial charge on any atom is 0.333 e. The number of nitrogens with zero attached hydrogens (tertiary/aromatic N) is 2. The molecular weight excluding hydrogens is 334 g/mol. The third-order valence-electron chi connectivity index (χ3n) is 4.20. The first-order valence-electron chi connectivity index (χ1n) is 8.04. The van der Waals surface area contributed by atoms with Crippen LogP contribution < -0.4 is 17.0 Å². The number of aromatic nitrogens is 4. The van der Waals surface area contributed by atoms with Crippen LogP contribution in [-0.4, -0.2) is 25.4 Å². The smallest absolute Gasteiger partial charge is 0.333 e. The normalized spacial score (nSPS) is 11.2. The molecule has 0 bridgehead atoms. The van der Waals surface area contributed by atoms with Crippen LogP contribution in [0.5, 0.6) is 0 Å². The summed E-state index contributed by atoms with van der Waals surface area (Å²) in [4.78, 5) is 46.5. The maximum absolute atomic E-state index is 12.5. The molecule has 0 fully saturated rings. The van der Waals surface area contributed by atoms with Crippen LogP contribution in [0.1, 0.15) is 16.9 Å². The Balaban J connectivity index is 1.64. The molecule has 130 valence electrons. The van der Waals surface area contributed by atoms with Crippen LogP contribution in [0.25, 0.3) is 22.1 Å². The first kappa shape index (κ1) is 15.8. The zero-order chi connectivity index (χ0) is 18.3. The molecule has 26 heavy (non-hydrogen) atoms. The van der Waals surface area contributed by atoms with Gasteiger partial charge < -0.3 is 15.7 Å². The molecule has 2 aromatic heterocycles. The van der Waals surface area contributed by atoms with E-state index in [0.717, 1.165) is 4.57 Å². The molecule has 0 radical (unpaired) electrons. The van der Waals surface area contributed by atoms with E-state index in [9.17, 15) is 14.4 Å². The summed E-state index contributed by atoms with van der Waals surface area (Å²) < 4.78 is 1.06. The van der Waals surface area contributed by atoms with Crippen molar-refractivity contribution in [2.24, 2.45) is 0 Å². The van der Waals surface area contributed by atoms with Gasteiger partial charge in [-0.3, -0.25) is 9.59 Å². The lowest BCUT2D eigenvalue weighted by molar-refractivity contribution is 0.0903. The third-order valence-corrected chi connectivity index (χ3v) is 4.20. The maximum atomic E-state index is 12.5. The zero-order valence-electron chi connectivity index (χ0n) is 13.7. The van der Waals surface area contributed by atoms with E-state index in [0.29, 0.717) is 27.8 Å². The Morgan fingerprint density at radius 1 is 1.08 bits per heavy atom. The zero-order valence-corrected chi connectivity index (χ0v) is 13.7. The largest absolute Gasteiger partial charge is 0.399 e. The van der Waals surface area contributed by atoms with Crippen LogP contribution in [0.15, 0.2) is 52.1 Å². The van der Waals surface area contributed by atoms with E-state index >= 15 is 0 Å². The van der Waals surface area contributed by atoms with Gasteiger partial charge in [0, 0.05) is 18.5 Å². The number of H-pyrrole nitrogens is 2. The number of carbonyl (C=O) groups is 1. The molecule has 0 aliphatic carbocycles. The second-order valence-corrected chi connectivity index (χ2v) is 5.97. The monoisotopic (exact) mass is 349 g/mol. The Morgan fingerprint density at radius 2 is 1.88 bits per heavy atom. The molecule has 0 amide bonds. The first-order valence-corrected chi connectivity index (χ1v) is 8.04. The molecule has 0 spiro atoms. The van der Waals surface area contributed by atoms with Crippen molar-refractivity contribution < 1.29 is 4.79 Å². The Kier molecular flexibility index (Phi) is 3.65. The van der Waals surface area contributed by atoms with Crippen LogP contribution >= 0.6 is 0 Å². The van der Waals surface area contributed by atoms with Gasteiger partial charge in [0.05, 0.1) is 22.1 Å². The number of imidazole rings is 1. The van der Waals surface area contributed by atoms with Crippen molar-refractivity contribution in [1.82, 2.24) is 19.5 Å². The molecule has 2 heterocycles. The molecule has 0 saturated heterocycles. The number of hydrogen-bond acceptors (Lipinski definition) is 5. The molecule has 2 aromatic carbocycles. The van der Waals surface area contributed by atoms with Gasteiger partial charge >= 0.3 is 5.69 Å². The number of hydrogen-bond donors (Lipinski definition) is 3. The second-order valence-electron chi connectivity index (χ2n) is 5.97. The number of anilines is 1. The minimum absolute atomic E-state index is 0.0222. The van der Waals surface area contributed by atoms with Gasteiger partial charge in [-0.2, -0.15) is 0 Å². The Morgan fingerprint density at radius 3 is 2.73 bits per heavy atom. The van der Waals surface area contributed by atoms with E-state index < -0.39 is 11.6 Å². The predicted molar refractivity (Wildman–Crippen MR) is 98.3 cm³/mol. The minimum Gasteiger partial charge on any atom is -0.399 e. The summed E-state index contributed by atoms with van der Waals surface area (Å²) >= 11 is 0. The van der Waals surface area contributed by atoms with Gasteiger partial charge in [0.1, 0.15) is 5.69 Å². The summed E-state index contributed by atoms with van der Waals surface area (Å²) in [6.07, 6.45) is 0.110. The van der Waals surface area contributed by atoms with Crippen LogP contribution in [0.4, 0.5) is 5.69 Å². The fourth-order valence-corrected chi connectivity index (χ4v) is 2.95. The lowest BCUT2D eigenvalue weighted by Crippen LogP contribution is -2.25. The minimum atomic E-state index is -0.531. The highest BCUT2D eigenvalue weighted by atomic mass is 16.2. The second kappa shape index (κ2) is 5.99. The van der Waals surface area contributed by atoms with E-state index in [1.54, 1.807) is 36.4 Å². The summed E-state index contributed by atoms with van der Waals surface area (Å²) in [5.74, 6) is -0.416. The van der Waals surface area contributed by atoms with E-state index in [1.165, 1.54) is 0 Å². The first-order chi connectivity index (χ1) is 12.5. The number of nitrogens with two attached hydrogens (primary N) is 1. The summed E-state index contributed by atoms with van der Waals surface area (Å²) in [7, 11) is 0. The highest BCUT2D eigenvalue weighted by Crippen LogP contribution is 2.15. The number of nitrogens with one attached hydrogen (secondary N) is 2. The average molecular weight is 349 g/mol. The summed E-state index contributed by atoms with van der Waals surface area (Å²) in [5.41, 5.74) is 7.80. The average Bonchev–Trinajstić information content (AvgIpc) is 2.94. The molecule has 8 nitrogen and oxygen atoms in total. The Bertz CT molecular complexity index is 1270. The van der Waals surface area contributed by atoms with Crippen molar-refractivity contribution in [2.45, 2.75) is 12.8 Å². The van der Waals surface area contributed by atoms with Crippen molar-refractivity contribution in [2.75, 3.05) is 5.73 Å². The Labute approximate surface area is 146 Å². The predicted octanol–water partition coefficient (Wildman–Crippen LogP) is 1.42. The van der Waals surface area contributed by atoms with Gasteiger partial charge in [0.15, 0.2) is 0 Å². The quantitative estimate of drug-likeness (QED) is 0.482. The SMILES string of the molecule is Nc1ccc2c(c1)[nH]c(=O)n2C(=O)CCc1nc2ccccc2[nH]c1=O. The van der Waals surface area contributed by atoms with Gasteiger partial charge in [-0.05, 0) is 30.3 Å². The molecule has 0 aliphatic rings. The summed E-state index contributed by atoms with van der Waals surface area (Å²) in [5, 5.41) is 0. The van der Waals surface area contributed by atoms with E-state index in [2.05, 4.69) is 15.0 Å². The van der Waals surface area contributed by atoms with Gasteiger partial charge in [0.2, 0.25) is 5.91 Å². The highest BCUT2D eigenvalue weighted by molar-refractivity contribution is 5.91. The summed E-state index contributed by atoms with van der Waals surface area (Å²) in [6, 6.07) is 12.0. The number of benzene rings is 2. The van der Waals surface area contributed by atoms with Crippen molar-refractivity contribution in [3.63, 3.8) is 0 Å². The van der Waals surface area contributed by atoms with Crippen LogP contribution in [0.2, 0.25) is 0 Å². The molecule has 0 unspecified atom stereocenters. The highest BCUT2D eigenvalue weighted by Gasteiger charge is 2.15. The van der Waals surface area contributed by atoms with Crippen molar-refractivity contribution in [1.29, 1.82) is 0 Å². The van der Waals surface area contributed by atoms with Crippen LogP contribution in [-0.2, 0) is 6.42 Å². The standard InChI is InChI=1S/C18H15N5O3/c19-10-5-7-15-14(9-10)22-18(26)23(15)16(24)8-6-13-17(25)21-12-4-2-1-3-11(12)20-13/h1-5,7,9H,6,8,19H2,(H,21,25)(H,22,26). The fourth-order valence-electron chi connectivity index (χ4n) is 2.95. The molecular formula is C18H15N5O3. The van der Waals surface area contributed by atoms with E-state index in [4.69, 9.17) is 5.73 Å². The molecule has 4 N–H and O–H groups in total. The van der Waals surface area contributed by atoms with Gasteiger partial charge in [-0.15, -0.1) is 0 Å². The summed E-state index contributed by atoms with van der Waals surface area (Å²) in [6.45, 7) is 0. The molecule has 4 aromatic rings. The van der Waals surface area contributed by atoms with Crippen LogP contribution in [0, 0.1) is 0 Å². The number of fused-ring (bicyclic) bond motifs is 2. The molecule has 0 aliphatic heterocycles. The topological polar surface area (TPSA) is 127 Å². The number of aryl methyl sites for hydroxylation is 1. The van der Waals surface area contributed by atoms with Gasteiger partial charge in [-0.25, -0.2) is 14.3 Å². The molecule has 0 saturated carbocycles. The number of rotatable bonds is 3. The van der Waals surface area contributed by atoms with Crippen molar-refractivity contribution in [3.8, 4) is 0 Å².